The minimum Gasteiger partial charge on any atom is -0.508 e. The summed E-state index contributed by atoms with van der Waals surface area (Å²) in [6, 6.07) is 2.88. The van der Waals surface area contributed by atoms with Crippen molar-refractivity contribution >= 4 is 5.78 Å². The quantitative estimate of drug-likeness (QED) is 0.689. The molecule has 0 aromatic heterocycles. The molecule has 1 spiro atoms. The number of fused-ring (bicyclic) bond motifs is 2. The molecule has 3 heteroatoms. The molecule has 1 aromatic carbocycles. The van der Waals surface area contributed by atoms with Gasteiger partial charge in [-0.3, -0.25) is 4.79 Å². The normalized spacial score (nSPS) is 20.9. The molecule has 0 heterocycles. The van der Waals surface area contributed by atoms with Crippen LogP contribution < -0.4 is 0 Å². The van der Waals surface area contributed by atoms with Crippen molar-refractivity contribution in [3.8, 4) is 11.5 Å². The van der Waals surface area contributed by atoms with E-state index in [9.17, 15) is 15.0 Å². The summed E-state index contributed by atoms with van der Waals surface area (Å²) in [7, 11) is 0. The summed E-state index contributed by atoms with van der Waals surface area (Å²) in [6.07, 6.45) is 6.03. The molecule has 3 nitrogen and oxygen atoms in total. The molecule has 2 N–H and O–H groups in total. The SMILES string of the molecule is CC1=CC2(CCCC2)c2c(O)ccc(O)c2C1=O. The van der Waals surface area contributed by atoms with Gasteiger partial charge in [-0.1, -0.05) is 18.9 Å². The molecular weight excluding hydrogens is 228 g/mol. The number of phenolic OH excluding ortho intramolecular Hbond substituents is 2. The maximum absolute atomic E-state index is 12.2. The van der Waals surface area contributed by atoms with Crippen molar-refractivity contribution in [2.24, 2.45) is 0 Å². The highest BCUT2D eigenvalue weighted by Gasteiger charge is 2.43. The Kier molecular flexibility index (Phi) is 2.27. The lowest BCUT2D eigenvalue weighted by atomic mass is 9.70. The van der Waals surface area contributed by atoms with Gasteiger partial charge in [-0.05, 0) is 37.5 Å². The molecule has 2 aliphatic rings. The van der Waals surface area contributed by atoms with Gasteiger partial charge >= 0.3 is 0 Å². The summed E-state index contributed by atoms with van der Waals surface area (Å²) in [6.45, 7) is 1.79. The van der Waals surface area contributed by atoms with E-state index >= 15 is 0 Å². The Labute approximate surface area is 106 Å². The Morgan fingerprint density at radius 2 is 1.72 bits per heavy atom. The highest BCUT2D eigenvalue weighted by Crippen LogP contribution is 2.51. The average molecular weight is 244 g/mol. The second-order valence-electron chi connectivity index (χ2n) is 5.37. The first-order valence-electron chi connectivity index (χ1n) is 6.35. The van der Waals surface area contributed by atoms with E-state index in [1.165, 1.54) is 12.1 Å². The number of carbonyl (C=O) groups is 1. The molecule has 0 unspecified atom stereocenters. The van der Waals surface area contributed by atoms with Crippen LogP contribution in [0.15, 0.2) is 23.8 Å². The van der Waals surface area contributed by atoms with E-state index in [0.29, 0.717) is 16.7 Å². The molecule has 3 rings (SSSR count). The van der Waals surface area contributed by atoms with Crippen LogP contribution >= 0.6 is 0 Å². The van der Waals surface area contributed by atoms with Gasteiger partial charge in [0.1, 0.15) is 11.5 Å². The van der Waals surface area contributed by atoms with Crippen molar-refractivity contribution in [1.29, 1.82) is 0 Å². The Hall–Kier alpha value is -1.77. The number of hydrogen-bond donors (Lipinski definition) is 2. The maximum Gasteiger partial charge on any atom is 0.192 e. The third-order valence-electron chi connectivity index (χ3n) is 4.23. The van der Waals surface area contributed by atoms with Crippen molar-refractivity contribution in [2.45, 2.75) is 38.0 Å². The third kappa shape index (κ3) is 1.33. The van der Waals surface area contributed by atoms with E-state index in [1.54, 1.807) is 6.92 Å². The predicted molar refractivity (Wildman–Crippen MR) is 68.0 cm³/mol. The molecule has 0 atom stereocenters. The van der Waals surface area contributed by atoms with Crippen LogP contribution in [0.25, 0.3) is 0 Å². The first-order valence-corrected chi connectivity index (χ1v) is 6.35. The first-order chi connectivity index (χ1) is 8.55. The van der Waals surface area contributed by atoms with Crippen LogP contribution in [0.2, 0.25) is 0 Å². The molecule has 0 radical (unpaired) electrons. The van der Waals surface area contributed by atoms with Gasteiger partial charge < -0.3 is 10.2 Å². The largest absolute Gasteiger partial charge is 0.508 e. The molecule has 2 aliphatic carbocycles. The van der Waals surface area contributed by atoms with Crippen LogP contribution in [-0.2, 0) is 5.41 Å². The van der Waals surface area contributed by atoms with Gasteiger partial charge in [0.05, 0.1) is 5.56 Å². The predicted octanol–water partition coefficient (Wildman–Crippen LogP) is 3.05. The van der Waals surface area contributed by atoms with Gasteiger partial charge in [-0.2, -0.15) is 0 Å². The highest BCUT2D eigenvalue weighted by molar-refractivity contribution is 6.13. The van der Waals surface area contributed by atoms with Gasteiger partial charge in [-0.15, -0.1) is 0 Å². The number of carbonyl (C=O) groups excluding carboxylic acids is 1. The Morgan fingerprint density at radius 3 is 2.39 bits per heavy atom. The fourth-order valence-corrected chi connectivity index (χ4v) is 3.46. The van der Waals surface area contributed by atoms with E-state index in [4.69, 9.17) is 0 Å². The molecule has 1 saturated carbocycles. The Morgan fingerprint density at radius 1 is 1.11 bits per heavy atom. The Balaban J connectivity index is 2.34. The number of hydrogen-bond acceptors (Lipinski definition) is 3. The van der Waals surface area contributed by atoms with Gasteiger partial charge in [0.2, 0.25) is 0 Å². The highest BCUT2D eigenvalue weighted by atomic mass is 16.3. The lowest BCUT2D eigenvalue weighted by molar-refractivity contribution is 0.102. The van der Waals surface area contributed by atoms with E-state index < -0.39 is 0 Å². The summed E-state index contributed by atoms with van der Waals surface area (Å²) in [5.74, 6) is -0.0655. The van der Waals surface area contributed by atoms with Gasteiger partial charge in [0.15, 0.2) is 5.78 Å². The second kappa shape index (κ2) is 3.61. The molecule has 1 aromatic rings. The number of Topliss-reactive ketones (excluding diaryl/α,β-unsaturated/α-hetero) is 1. The topological polar surface area (TPSA) is 57.5 Å². The van der Waals surface area contributed by atoms with Crippen molar-refractivity contribution in [2.75, 3.05) is 0 Å². The summed E-state index contributed by atoms with van der Waals surface area (Å²) in [5, 5.41) is 20.1. The molecule has 1 fully saturated rings. The third-order valence-corrected chi connectivity index (χ3v) is 4.23. The van der Waals surface area contributed by atoms with Crippen molar-refractivity contribution in [3.63, 3.8) is 0 Å². The summed E-state index contributed by atoms with van der Waals surface area (Å²) < 4.78 is 0. The minimum absolute atomic E-state index is 0.0217. The standard InChI is InChI=1S/C15H16O3/c1-9-8-15(6-2-3-7-15)13-11(17)5-4-10(16)12(13)14(9)18/h4-5,8,16-17H,2-3,6-7H2,1H3. The van der Waals surface area contributed by atoms with Crippen LogP contribution in [0, 0.1) is 0 Å². The van der Waals surface area contributed by atoms with Crippen LogP contribution in [-0.4, -0.2) is 16.0 Å². The first kappa shape index (κ1) is 11.3. The molecule has 94 valence electrons. The molecule has 18 heavy (non-hydrogen) atoms. The summed E-state index contributed by atoms with van der Waals surface area (Å²) in [5.41, 5.74) is 1.36. The zero-order valence-corrected chi connectivity index (χ0v) is 10.4. The molecule has 0 aliphatic heterocycles. The number of benzene rings is 1. The van der Waals surface area contributed by atoms with Crippen molar-refractivity contribution in [3.05, 3.63) is 34.9 Å². The zero-order chi connectivity index (χ0) is 12.9. The van der Waals surface area contributed by atoms with Gasteiger partial charge in [0, 0.05) is 11.0 Å². The fourth-order valence-electron chi connectivity index (χ4n) is 3.46. The van der Waals surface area contributed by atoms with E-state index in [2.05, 4.69) is 0 Å². The zero-order valence-electron chi connectivity index (χ0n) is 10.4. The number of phenols is 2. The van der Waals surface area contributed by atoms with Crippen molar-refractivity contribution < 1.29 is 15.0 Å². The number of allylic oxidation sites excluding steroid dienone is 2. The molecule has 0 saturated heterocycles. The lowest BCUT2D eigenvalue weighted by Gasteiger charge is -2.33. The van der Waals surface area contributed by atoms with Gasteiger partial charge in [-0.25, -0.2) is 0 Å². The van der Waals surface area contributed by atoms with E-state index in [0.717, 1.165) is 25.7 Å². The molecule has 0 amide bonds. The van der Waals surface area contributed by atoms with Crippen LogP contribution in [0.5, 0.6) is 11.5 Å². The minimum atomic E-state index is -0.254. The van der Waals surface area contributed by atoms with Crippen LogP contribution in [0.3, 0.4) is 0 Å². The second-order valence-corrected chi connectivity index (χ2v) is 5.37. The smallest absolute Gasteiger partial charge is 0.192 e. The fraction of sp³-hybridized carbons (Fsp3) is 0.400. The number of aromatic hydroxyl groups is 2. The van der Waals surface area contributed by atoms with E-state index in [1.807, 2.05) is 6.08 Å². The molecular formula is C15H16O3. The summed E-state index contributed by atoms with van der Waals surface area (Å²) in [4.78, 5) is 12.2. The van der Waals surface area contributed by atoms with Gasteiger partial charge in [0.25, 0.3) is 0 Å². The Bertz CT molecular complexity index is 563. The summed E-state index contributed by atoms with van der Waals surface area (Å²) >= 11 is 0. The average Bonchev–Trinajstić information content (AvgIpc) is 2.78. The monoisotopic (exact) mass is 244 g/mol. The molecule has 0 bridgehead atoms. The number of ketones is 1. The lowest BCUT2D eigenvalue weighted by Crippen LogP contribution is -2.28. The maximum atomic E-state index is 12.2. The van der Waals surface area contributed by atoms with Crippen LogP contribution in [0.4, 0.5) is 0 Å². The van der Waals surface area contributed by atoms with Crippen LogP contribution in [0.1, 0.15) is 48.5 Å². The van der Waals surface area contributed by atoms with Crippen molar-refractivity contribution in [1.82, 2.24) is 0 Å². The van der Waals surface area contributed by atoms with E-state index in [-0.39, 0.29) is 22.7 Å². The number of rotatable bonds is 0.